The van der Waals surface area contributed by atoms with E-state index in [9.17, 15) is 9.90 Å². The molecular formula is C26H30ClN5O3. The molecule has 4 rings (SSSR count). The number of aromatic hydroxyl groups is 1. The van der Waals surface area contributed by atoms with Crippen LogP contribution in [0.1, 0.15) is 54.7 Å². The number of nitrogens with one attached hydrogen (secondary N) is 2. The Kier molecular flexibility index (Phi) is 7.14. The fraction of sp³-hybridized carbons (Fsp3) is 0.346. The second-order valence-electron chi connectivity index (χ2n) is 9.75. The predicted octanol–water partition coefficient (Wildman–Crippen LogP) is 5.23. The minimum absolute atomic E-state index is 0.0781. The molecule has 0 aliphatic carbocycles. The number of rotatable bonds is 7. The number of amides is 1. The average Bonchev–Trinajstić information content (AvgIpc) is 3.22. The van der Waals surface area contributed by atoms with E-state index in [0.717, 1.165) is 5.56 Å². The Morgan fingerprint density at radius 2 is 1.89 bits per heavy atom. The van der Waals surface area contributed by atoms with Gasteiger partial charge in [-0.1, -0.05) is 63.6 Å². The Balaban J connectivity index is 1.50. The molecule has 1 amide bonds. The molecule has 3 aromatic rings. The molecule has 3 N–H and O–H groups in total. The lowest BCUT2D eigenvalue weighted by Gasteiger charge is -2.19. The summed E-state index contributed by atoms with van der Waals surface area (Å²) in [7, 11) is 0. The third-order valence-electron chi connectivity index (χ3n) is 5.59. The van der Waals surface area contributed by atoms with Gasteiger partial charge in [-0.25, -0.2) is 4.98 Å². The third-order valence-corrected chi connectivity index (χ3v) is 5.90. The molecule has 2 aromatic carbocycles. The third kappa shape index (κ3) is 6.01. The number of hydrogen-bond acceptors (Lipinski definition) is 7. The van der Waals surface area contributed by atoms with Crippen LogP contribution in [0.2, 0.25) is 5.02 Å². The number of hydroxylamine groups is 2. The molecular weight excluding hydrogens is 466 g/mol. The summed E-state index contributed by atoms with van der Waals surface area (Å²) in [5, 5.41) is 18.4. The normalized spacial score (nSPS) is 13.4. The van der Waals surface area contributed by atoms with E-state index in [1.54, 1.807) is 6.20 Å². The van der Waals surface area contributed by atoms with E-state index in [4.69, 9.17) is 16.4 Å². The fourth-order valence-electron chi connectivity index (χ4n) is 3.66. The number of fused-ring (bicyclic) bond motifs is 1. The van der Waals surface area contributed by atoms with E-state index >= 15 is 0 Å². The first kappa shape index (κ1) is 24.8. The van der Waals surface area contributed by atoms with Crippen molar-refractivity contribution in [2.75, 3.05) is 11.9 Å². The molecule has 1 aromatic heterocycles. The fourth-order valence-corrected chi connectivity index (χ4v) is 3.91. The Hall–Kier alpha value is -3.36. The summed E-state index contributed by atoms with van der Waals surface area (Å²) in [5.41, 5.74) is 3.71. The molecule has 0 saturated heterocycles. The highest BCUT2D eigenvalue weighted by molar-refractivity contribution is 6.34. The number of halogens is 1. The van der Waals surface area contributed by atoms with Crippen molar-refractivity contribution < 1.29 is 14.7 Å². The number of benzene rings is 2. The number of carbonyl (C=O) groups excluding carboxylic acids is 1. The quantitative estimate of drug-likeness (QED) is 0.386. The molecule has 0 radical (unpaired) electrons. The van der Waals surface area contributed by atoms with Crippen LogP contribution in [-0.4, -0.2) is 32.6 Å². The van der Waals surface area contributed by atoms with Crippen LogP contribution in [0.15, 0.2) is 42.6 Å². The second-order valence-corrected chi connectivity index (χ2v) is 10.2. The number of nitrogens with zero attached hydrogens (tertiary/aromatic N) is 3. The van der Waals surface area contributed by atoms with Crippen LogP contribution in [0, 0.1) is 5.41 Å². The maximum Gasteiger partial charge on any atom is 0.252 e. The Morgan fingerprint density at radius 3 is 2.51 bits per heavy atom. The Morgan fingerprint density at radius 1 is 1.20 bits per heavy atom. The topological polar surface area (TPSA) is 99.6 Å². The van der Waals surface area contributed by atoms with E-state index in [0.29, 0.717) is 31.9 Å². The highest BCUT2D eigenvalue weighted by Crippen LogP contribution is 2.33. The molecule has 0 saturated carbocycles. The zero-order valence-electron chi connectivity index (χ0n) is 20.4. The van der Waals surface area contributed by atoms with Crippen LogP contribution < -0.4 is 15.5 Å². The molecule has 9 heteroatoms. The molecule has 1 aliphatic rings. The number of aromatic nitrogens is 2. The minimum atomic E-state index is -0.349. The number of carbonyl (C=O) groups is 1. The SMILES string of the molecule is CCc1cnc(Nc2cc(Cl)c(C(=O)NCC(C)(C)C)cc2O)nc1ON1Cc2ccccc2C1. The van der Waals surface area contributed by atoms with E-state index in [1.165, 1.54) is 23.3 Å². The van der Waals surface area contributed by atoms with Crippen LogP contribution in [0.4, 0.5) is 11.6 Å². The first-order chi connectivity index (χ1) is 16.6. The summed E-state index contributed by atoms with van der Waals surface area (Å²) in [4.78, 5) is 27.5. The van der Waals surface area contributed by atoms with Crippen LogP contribution in [0.3, 0.4) is 0 Å². The first-order valence-electron chi connectivity index (χ1n) is 11.6. The molecule has 0 atom stereocenters. The predicted molar refractivity (Wildman–Crippen MR) is 136 cm³/mol. The Labute approximate surface area is 210 Å². The highest BCUT2D eigenvalue weighted by atomic mass is 35.5. The molecule has 184 valence electrons. The molecule has 2 heterocycles. The average molecular weight is 496 g/mol. The zero-order chi connectivity index (χ0) is 25.2. The summed E-state index contributed by atoms with van der Waals surface area (Å²) in [6.07, 6.45) is 2.40. The van der Waals surface area contributed by atoms with Gasteiger partial charge in [0.05, 0.1) is 29.4 Å². The molecule has 35 heavy (non-hydrogen) atoms. The van der Waals surface area contributed by atoms with Crippen molar-refractivity contribution >= 4 is 29.1 Å². The molecule has 1 aliphatic heterocycles. The second kappa shape index (κ2) is 10.1. The molecule has 8 nitrogen and oxygen atoms in total. The van der Waals surface area contributed by atoms with Gasteiger partial charge < -0.3 is 20.6 Å². The van der Waals surface area contributed by atoms with Crippen LogP contribution in [0.25, 0.3) is 0 Å². The lowest BCUT2D eigenvalue weighted by molar-refractivity contribution is -0.0691. The van der Waals surface area contributed by atoms with Crippen molar-refractivity contribution in [3.05, 3.63) is 69.9 Å². The maximum absolute atomic E-state index is 12.5. The van der Waals surface area contributed by atoms with Crippen molar-refractivity contribution in [3.63, 3.8) is 0 Å². The van der Waals surface area contributed by atoms with Crippen LogP contribution in [-0.2, 0) is 19.5 Å². The van der Waals surface area contributed by atoms with Gasteiger partial charge in [-0.2, -0.15) is 4.98 Å². The standard InChI is InChI=1S/C26H30ClN5O3/c1-5-16-12-28-25(31-24(16)35-32-13-17-8-6-7-9-18(17)14-32)30-21-11-20(27)19(10-22(21)33)23(34)29-15-26(2,3)4/h6-12,33H,5,13-15H2,1-4H3,(H,29,34)(H,28,30,31). The number of phenols is 1. The van der Waals surface area contributed by atoms with E-state index < -0.39 is 0 Å². The molecule has 0 fully saturated rings. The van der Waals surface area contributed by atoms with Crippen molar-refractivity contribution in [3.8, 4) is 11.6 Å². The smallest absolute Gasteiger partial charge is 0.252 e. The van der Waals surface area contributed by atoms with E-state index in [-0.39, 0.29) is 39.3 Å². The maximum atomic E-state index is 12.5. The van der Waals surface area contributed by atoms with Crippen molar-refractivity contribution in [1.82, 2.24) is 20.3 Å². The number of hydrogen-bond donors (Lipinski definition) is 3. The van der Waals surface area contributed by atoms with Gasteiger partial charge in [-0.05, 0) is 35.1 Å². The summed E-state index contributed by atoms with van der Waals surface area (Å²) in [6, 6.07) is 11.0. The van der Waals surface area contributed by atoms with Gasteiger partial charge in [0.15, 0.2) is 0 Å². The lowest BCUT2D eigenvalue weighted by Crippen LogP contribution is -2.32. The van der Waals surface area contributed by atoms with Gasteiger partial charge in [-0.3, -0.25) is 4.79 Å². The van der Waals surface area contributed by atoms with Gasteiger partial charge >= 0.3 is 0 Å². The number of aryl methyl sites for hydroxylation is 1. The summed E-state index contributed by atoms with van der Waals surface area (Å²) in [6.45, 7) is 9.87. The van der Waals surface area contributed by atoms with Crippen molar-refractivity contribution in [1.29, 1.82) is 0 Å². The van der Waals surface area contributed by atoms with Crippen molar-refractivity contribution in [2.24, 2.45) is 5.41 Å². The van der Waals surface area contributed by atoms with Gasteiger partial charge in [-0.15, -0.1) is 5.06 Å². The van der Waals surface area contributed by atoms with Crippen LogP contribution >= 0.6 is 11.6 Å². The number of anilines is 2. The van der Waals surface area contributed by atoms with E-state index in [2.05, 4.69) is 32.7 Å². The monoisotopic (exact) mass is 495 g/mol. The first-order valence-corrected chi connectivity index (χ1v) is 11.9. The van der Waals surface area contributed by atoms with Gasteiger partial charge in [0.25, 0.3) is 5.91 Å². The highest BCUT2D eigenvalue weighted by Gasteiger charge is 2.22. The minimum Gasteiger partial charge on any atom is -0.506 e. The van der Waals surface area contributed by atoms with E-state index in [1.807, 2.05) is 44.9 Å². The molecule has 0 spiro atoms. The zero-order valence-corrected chi connectivity index (χ0v) is 21.1. The summed E-state index contributed by atoms with van der Waals surface area (Å²) in [5.74, 6) is 0.195. The summed E-state index contributed by atoms with van der Waals surface area (Å²) < 4.78 is 0. The number of phenolic OH excluding ortho intramolecular Hbond substituents is 1. The largest absolute Gasteiger partial charge is 0.506 e. The summed E-state index contributed by atoms with van der Waals surface area (Å²) >= 11 is 6.36. The lowest BCUT2D eigenvalue weighted by atomic mass is 9.97. The van der Waals surface area contributed by atoms with Gasteiger partial charge in [0.1, 0.15) is 5.75 Å². The van der Waals surface area contributed by atoms with Gasteiger partial charge in [0, 0.05) is 18.3 Å². The van der Waals surface area contributed by atoms with Gasteiger partial charge in [0.2, 0.25) is 11.8 Å². The van der Waals surface area contributed by atoms with Crippen molar-refractivity contribution in [2.45, 2.75) is 47.2 Å². The molecule has 0 unspecified atom stereocenters. The Bertz CT molecular complexity index is 1220. The molecule has 0 bridgehead atoms. The van der Waals surface area contributed by atoms with Crippen LogP contribution in [0.5, 0.6) is 11.6 Å².